The first-order valence-electron chi connectivity index (χ1n) is 7.38. The molecule has 116 valence electrons. The van der Waals surface area contributed by atoms with Gasteiger partial charge in [-0.2, -0.15) is 0 Å². The van der Waals surface area contributed by atoms with Gasteiger partial charge in [0, 0.05) is 12.6 Å². The Hall–Kier alpha value is -1.26. The molecule has 4 nitrogen and oxygen atoms in total. The minimum atomic E-state index is -0.142. The minimum absolute atomic E-state index is 0.142. The van der Waals surface area contributed by atoms with Crippen molar-refractivity contribution in [3.8, 4) is 5.75 Å². The van der Waals surface area contributed by atoms with Crippen LogP contribution in [0.4, 0.5) is 0 Å². The van der Waals surface area contributed by atoms with E-state index < -0.39 is 0 Å². The summed E-state index contributed by atoms with van der Waals surface area (Å²) in [6.07, 6.45) is 0. The van der Waals surface area contributed by atoms with Crippen molar-refractivity contribution in [3.05, 3.63) is 24.0 Å². The van der Waals surface area contributed by atoms with Gasteiger partial charge in [0.15, 0.2) is 0 Å². The maximum absolute atomic E-state index is 6.35. The second kappa shape index (κ2) is 6.67. The Labute approximate surface area is 131 Å². The molecule has 1 aromatic carbocycles. The van der Waals surface area contributed by atoms with Crippen molar-refractivity contribution in [1.29, 1.82) is 0 Å². The van der Waals surface area contributed by atoms with E-state index in [0.717, 1.165) is 29.2 Å². The van der Waals surface area contributed by atoms with Crippen LogP contribution in [0.25, 0.3) is 11.0 Å². The lowest BCUT2D eigenvalue weighted by molar-refractivity contribution is 0.336. The zero-order chi connectivity index (χ0) is 15.6. The lowest BCUT2D eigenvalue weighted by Gasteiger charge is -2.22. The van der Waals surface area contributed by atoms with Gasteiger partial charge in [0.25, 0.3) is 0 Å². The number of nitrogens with zero attached hydrogens (tertiary/aromatic N) is 3. The molecule has 0 saturated carbocycles. The van der Waals surface area contributed by atoms with E-state index in [1.807, 2.05) is 26.0 Å². The molecular weight excluding hydrogens is 286 g/mol. The summed E-state index contributed by atoms with van der Waals surface area (Å²) in [6, 6.07) is 6.34. The van der Waals surface area contributed by atoms with E-state index >= 15 is 0 Å². The average molecular weight is 310 g/mol. The van der Waals surface area contributed by atoms with E-state index in [-0.39, 0.29) is 11.4 Å². The Bertz CT molecular complexity index is 607. The van der Waals surface area contributed by atoms with Crippen LogP contribution in [-0.2, 0) is 0 Å². The van der Waals surface area contributed by atoms with E-state index in [9.17, 15) is 0 Å². The maximum atomic E-state index is 6.35. The van der Waals surface area contributed by atoms with E-state index in [2.05, 4.69) is 36.6 Å². The van der Waals surface area contributed by atoms with Crippen molar-refractivity contribution < 1.29 is 4.74 Å². The van der Waals surface area contributed by atoms with E-state index in [0.29, 0.717) is 6.61 Å². The van der Waals surface area contributed by atoms with Crippen LogP contribution >= 0.6 is 11.6 Å². The van der Waals surface area contributed by atoms with E-state index in [4.69, 9.17) is 21.3 Å². The van der Waals surface area contributed by atoms with Crippen LogP contribution in [0.5, 0.6) is 5.75 Å². The molecule has 0 spiro atoms. The fraction of sp³-hybridized carbons (Fsp3) is 0.562. The highest BCUT2D eigenvalue weighted by atomic mass is 35.5. The summed E-state index contributed by atoms with van der Waals surface area (Å²) in [5.74, 6) is 1.72. The first kappa shape index (κ1) is 16.1. The number of halogens is 1. The third kappa shape index (κ3) is 3.33. The molecule has 5 heteroatoms. The van der Waals surface area contributed by atoms with Gasteiger partial charge in [-0.15, -0.1) is 11.6 Å². The smallest absolute Gasteiger partial charge is 0.147 e. The fourth-order valence-electron chi connectivity index (χ4n) is 2.74. The quantitative estimate of drug-likeness (QED) is 0.759. The van der Waals surface area contributed by atoms with E-state index in [1.54, 1.807) is 0 Å². The van der Waals surface area contributed by atoms with Crippen molar-refractivity contribution in [2.24, 2.45) is 0 Å². The van der Waals surface area contributed by atoms with Crippen molar-refractivity contribution in [2.45, 2.75) is 32.2 Å². The fourth-order valence-corrected chi connectivity index (χ4v) is 2.89. The minimum Gasteiger partial charge on any atom is -0.492 e. The maximum Gasteiger partial charge on any atom is 0.147 e. The van der Waals surface area contributed by atoms with Crippen LogP contribution in [-0.4, -0.2) is 41.7 Å². The normalized spacial score (nSPS) is 14.6. The van der Waals surface area contributed by atoms with Crippen molar-refractivity contribution in [1.82, 2.24) is 14.5 Å². The topological polar surface area (TPSA) is 30.3 Å². The van der Waals surface area contributed by atoms with Crippen LogP contribution in [0, 0.1) is 0 Å². The van der Waals surface area contributed by atoms with Crippen LogP contribution in [0.3, 0.4) is 0 Å². The van der Waals surface area contributed by atoms with Gasteiger partial charge in [0.05, 0.1) is 17.5 Å². The second-order valence-corrected chi connectivity index (χ2v) is 6.28. The lowest BCUT2D eigenvalue weighted by Crippen LogP contribution is -2.23. The molecule has 0 fully saturated rings. The number of para-hydroxylation sites is 1. The third-order valence-electron chi connectivity index (χ3n) is 3.44. The number of likely N-dealkylation sites (N-methyl/N-ethyl adjacent to an activating group) is 1. The van der Waals surface area contributed by atoms with Gasteiger partial charge < -0.3 is 14.2 Å². The number of hydrogen-bond donors (Lipinski definition) is 0. The summed E-state index contributed by atoms with van der Waals surface area (Å²) >= 11 is 6.35. The van der Waals surface area contributed by atoms with Crippen LogP contribution in [0.2, 0.25) is 0 Å². The van der Waals surface area contributed by atoms with Gasteiger partial charge >= 0.3 is 0 Å². The molecule has 2 rings (SSSR count). The Balaban J connectivity index is 2.60. The molecule has 2 aromatic rings. The summed E-state index contributed by atoms with van der Waals surface area (Å²) in [4.78, 5) is 6.92. The monoisotopic (exact) mass is 309 g/mol. The van der Waals surface area contributed by atoms with E-state index in [1.165, 1.54) is 0 Å². The first-order valence-corrected chi connectivity index (χ1v) is 7.81. The third-order valence-corrected chi connectivity index (χ3v) is 3.63. The molecular formula is C16H24ClN3O. The number of alkyl halides is 1. The SMILES string of the molecule is CCOc1cccc2c1nc(C(C)Cl)n2C(C)CN(C)C. The van der Waals surface area contributed by atoms with Crippen LogP contribution in [0.15, 0.2) is 18.2 Å². The molecule has 0 amide bonds. The number of aromatic nitrogens is 2. The summed E-state index contributed by atoms with van der Waals surface area (Å²) in [7, 11) is 4.15. The van der Waals surface area contributed by atoms with Crippen molar-refractivity contribution in [3.63, 3.8) is 0 Å². The number of fused-ring (bicyclic) bond motifs is 1. The molecule has 0 N–H and O–H groups in total. The molecule has 0 bridgehead atoms. The molecule has 0 radical (unpaired) electrons. The van der Waals surface area contributed by atoms with Gasteiger partial charge in [-0.05, 0) is 47.0 Å². The molecule has 0 aliphatic carbocycles. The summed E-state index contributed by atoms with van der Waals surface area (Å²) in [5, 5.41) is -0.142. The molecule has 2 unspecified atom stereocenters. The number of imidazole rings is 1. The highest BCUT2D eigenvalue weighted by Crippen LogP contribution is 2.32. The standard InChI is InChI=1S/C16H24ClN3O/c1-6-21-14-9-7-8-13-15(14)18-16(12(3)17)20(13)11(2)10-19(4)5/h7-9,11-12H,6,10H2,1-5H3. The molecule has 0 saturated heterocycles. The largest absolute Gasteiger partial charge is 0.492 e. The lowest BCUT2D eigenvalue weighted by atomic mass is 10.2. The van der Waals surface area contributed by atoms with Crippen molar-refractivity contribution >= 4 is 22.6 Å². The van der Waals surface area contributed by atoms with Gasteiger partial charge in [-0.25, -0.2) is 4.98 Å². The zero-order valence-electron chi connectivity index (χ0n) is 13.4. The number of ether oxygens (including phenoxy) is 1. The predicted molar refractivity (Wildman–Crippen MR) is 88.4 cm³/mol. The van der Waals surface area contributed by atoms with Gasteiger partial charge in [0.2, 0.25) is 0 Å². The highest BCUT2D eigenvalue weighted by molar-refractivity contribution is 6.20. The molecule has 21 heavy (non-hydrogen) atoms. The molecule has 0 aliphatic heterocycles. The Kier molecular flexibility index (Phi) is 5.12. The Morgan fingerprint density at radius 2 is 2.05 bits per heavy atom. The van der Waals surface area contributed by atoms with Crippen molar-refractivity contribution in [2.75, 3.05) is 27.2 Å². The second-order valence-electron chi connectivity index (χ2n) is 5.62. The van der Waals surface area contributed by atoms with Crippen LogP contribution in [0.1, 0.15) is 38.0 Å². The van der Waals surface area contributed by atoms with Gasteiger partial charge in [0.1, 0.15) is 17.1 Å². The van der Waals surface area contributed by atoms with Crippen LogP contribution < -0.4 is 4.74 Å². The Morgan fingerprint density at radius 3 is 2.62 bits per heavy atom. The van der Waals surface area contributed by atoms with Gasteiger partial charge in [-0.3, -0.25) is 0 Å². The summed E-state index contributed by atoms with van der Waals surface area (Å²) in [5.41, 5.74) is 1.98. The molecule has 0 aliphatic rings. The average Bonchev–Trinajstić information content (AvgIpc) is 2.79. The first-order chi connectivity index (χ1) is 9.95. The molecule has 2 atom stereocenters. The number of hydrogen-bond acceptors (Lipinski definition) is 3. The zero-order valence-corrected chi connectivity index (χ0v) is 14.2. The molecule has 1 heterocycles. The Morgan fingerprint density at radius 1 is 1.33 bits per heavy atom. The molecule has 1 aromatic heterocycles. The predicted octanol–water partition coefficient (Wildman–Crippen LogP) is 3.86. The number of benzene rings is 1. The highest BCUT2D eigenvalue weighted by Gasteiger charge is 2.21. The van der Waals surface area contributed by atoms with Gasteiger partial charge in [-0.1, -0.05) is 6.07 Å². The number of rotatable bonds is 6. The summed E-state index contributed by atoms with van der Waals surface area (Å²) < 4.78 is 7.93. The summed E-state index contributed by atoms with van der Waals surface area (Å²) in [6.45, 7) is 7.70.